The van der Waals surface area contributed by atoms with Gasteiger partial charge >= 0.3 is 0 Å². The molecule has 1 aromatic heterocycles. The van der Waals surface area contributed by atoms with Gasteiger partial charge in [0.2, 0.25) is 10.0 Å². The van der Waals surface area contributed by atoms with Crippen LogP contribution in [0.2, 0.25) is 0 Å². The second-order valence-corrected chi connectivity index (χ2v) is 9.90. The zero-order valence-electron chi connectivity index (χ0n) is 13.5. The number of halogens is 1. The summed E-state index contributed by atoms with van der Waals surface area (Å²) in [6, 6.07) is 3.61. The van der Waals surface area contributed by atoms with Crippen molar-refractivity contribution in [2.24, 2.45) is 11.7 Å². The smallest absolute Gasteiger partial charge is 0.250 e. The molecule has 2 rings (SSSR count). The average Bonchev–Trinajstić information content (AvgIpc) is 2.89. The maximum atomic E-state index is 12.6. The molecule has 1 aliphatic carbocycles. The summed E-state index contributed by atoms with van der Waals surface area (Å²) in [6.45, 7) is 6.82. The average molecular weight is 367 g/mol. The van der Waals surface area contributed by atoms with Gasteiger partial charge in [-0.2, -0.15) is 0 Å². The first-order valence-electron chi connectivity index (χ1n) is 7.57. The van der Waals surface area contributed by atoms with Crippen LogP contribution in [0.15, 0.2) is 16.3 Å². The summed E-state index contributed by atoms with van der Waals surface area (Å²) >= 11 is 1.36. The van der Waals surface area contributed by atoms with E-state index in [1.165, 1.54) is 11.3 Å². The van der Waals surface area contributed by atoms with Gasteiger partial charge in [0.05, 0.1) is 0 Å². The van der Waals surface area contributed by atoms with Gasteiger partial charge in [-0.25, -0.2) is 13.1 Å². The number of nitrogens with one attached hydrogen (secondary N) is 1. The van der Waals surface area contributed by atoms with Crippen molar-refractivity contribution in [3.8, 4) is 0 Å². The van der Waals surface area contributed by atoms with Gasteiger partial charge in [-0.05, 0) is 42.9 Å². The van der Waals surface area contributed by atoms with Crippen LogP contribution in [0.5, 0.6) is 0 Å². The van der Waals surface area contributed by atoms with E-state index in [9.17, 15) is 8.42 Å². The van der Waals surface area contributed by atoms with Crippen molar-refractivity contribution in [1.82, 2.24) is 4.72 Å². The van der Waals surface area contributed by atoms with Crippen molar-refractivity contribution in [2.75, 3.05) is 6.54 Å². The lowest BCUT2D eigenvalue weighted by Crippen LogP contribution is -2.44. The highest BCUT2D eigenvalue weighted by atomic mass is 35.5. The molecule has 3 N–H and O–H groups in total. The molecule has 2 atom stereocenters. The monoisotopic (exact) mass is 366 g/mol. The van der Waals surface area contributed by atoms with Crippen molar-refractivity contribution in [1.29, 1.82) is 0 Å². The van der Waals surface area contributed by atoms with Gasteiger partial charge in [0.15, 0.2) is 0 Å². The van der Waals surface area contributed by atoms with Gasteiger partial charge in [-0.1, -0.05) is 33.6 Å². The summed E-state index contributed by atoms with van der Waals surface area (Å²) in [5.74, 6) is 0.260. The molecule has 7 heteroatoms. The molecule has 1 saturated carbocycles. The van der Waals surface area contributed by atoms with E-state index in [4.69, 9.17) is 5.73 Å². The van der Waals surface area contributed by atoms with Crippen molar-refractivity contribution in [2.45, 2.75) is 62.1 Å². The van der Waals surface area contributed by atoms with Gasteiger partial charge in [0.25, 0.3) is 0 Å². The molecule has 128 valence electrons. The summed E-state index contributed by atoms with van der Waals surface area (Å²) in [7, 11) is -3.43. The zero-order chi connectivity index (χ0) is 15.7. The summed E-state index contributed by atoms with van der Waals surface area (Å²) < 4.78 is 28.4. The third-order valence-electron chi connectivity index (χ3n) is 4.10. The van der Waals surface area contributed by atoms with Gasteiger partial charge in [-0.3, -0.25) is 0 Å². The summed E-state index contributed by atoms with van der Waals surface area (Å²) in [5, 5.41) is 0. The standard InChI is InChI=1S/C15H26N2O2S2.ClH/c1-15(2,3)13-8-9-14(20-13)21(18,19)17-12-7-5-4-6-11(12)10-16;/h8-9,11-12,17H,4-7,10,16H2,1-3H3;1H. The third-order valence-corrected chi connectivity index (χ3v) is 7.60. The highest BCUT2D eigenvalue weighted by Gasteiger charge is 2.30. The predicted molar refractivity (Wildman–Crippen MR) is 95.4 cm³/mol. The Kier molecular flexibility index (Phi) is 6.89. The van der Waals surface area contributed by atoms with Gasteiger partial charge < -0.3 is 5.73 Å². The largest absolute Gasteiger partial charge is 0.330 e. The fourth-order valence-electron chi connectivity index (χ4n) is 2.77. The molecule has 4 nitrogen and oxygen atoms in total. The molecule has 1 aliphatic rings. The molecule has 0 bridgehead atoms. The first-order chi connectivity index (χ1) is 9.74. The van der Waals surface area contributed by atoms with Crippen LogP contribution in [-0.2, 0) is 15.4 Å². The Morgan fingerprint density at radius 2 is 1.91 bits per heavy atom. The number of hydrogen-bond acceptors (Lipinski definition) is 4. The van der Waals surface area contributed by atoms with Crippen LogP contribution in [0, 0.1) is 5.92 Å². The second kappa shape index (κ2) is 7.62. The van der Waals surface area contributed by atoms with Crippen LogP contribution < -0.4 is 10.5 Å². The number of hydrogen-bond donors (Lipinski definition) is 2. The normalized spacial score (nSPS) is 23.1. The first kappa shape index (κ1) is 19.9. The quantitative estimate of drug-likeness (QED) is 0.858. The number of nitrogens with two attached hydrogens (primary N) is 1. The van der Waals surface area contributed by atoms with Crippen LogP contribution >= 0.6 is 23.7 Å². The maximum absolute atomic E-state index is 12.6. The summed E-state index contributed by atoms with van der Waals surface area (Å²) in [6.07, 6.45) is 4.12. The molecule has 0 amide bonds. The van der Waals surface area contributed by atoms with Gasteiger partial charge in [-0.15, -0.1) is 23.7 Å². The second-order valence-electron chi connectivity index (χ2n) is 6.88. The van der Waals surface area contributed by atoms with E-state index in [1.54, 1.807) is 6.07 Å². The minimum atomic E-state index is -3.43. The third kappa shape index (κ3) is 4.68. The van der Waals surface area contributed by atoms with Gasteiger partial charge in [0, 0.05) is 10.9 Å². The molecular weight excluding hydrogens is 340 g/mol. The minimum Gasteiger partial charge on any atom is -0.330 e. The molecule has 0 saturated heterocycles. The van der Waals surface area contributed by atoms with E-state index < -0.39 is 10.0 Å². The molecule has 0 spiro atoms. The van der Waals surface area contributed by atoms with Crippen molar-refractivity contribution in [3.05, 3.63) is 17.0 Å². The maximum Gasteiger partial charge on any atom is 0.250 e. The Bertz CT molecular complexity index is 579. The fourth-order valence-corrected chi connectivity index (χ4v) is 5.49. The number of rotatable bonds is 4. The molecule has 0 radical (unpaired) electrons. The summed E-state index contributed by atoms with van der Waals surface area (Å²) in [4.78, 5) is 1.09. The van der Waals surface area contributed by atoms with Crippen molar-refractivity contribution >= 4 is 33.8 Å². The Morgan fingerprint density at radius 1 is 1.27 bits per heavy atom. The molecule has 1 aromatic rings. The number of sulfonamides is 1. The van der Waals surface area contributed by atoms with E-state index in [0.717, 1.165) is 30.6 Å². The molecular formula is C15H27ClN2O2S2. The van der Waals surface area contributed by atoms with Crippen molar-refractivity contribution in [3.63, 3.8) is 0 Å². The first-order valence-corrected chi connectivity index (χ1v) is 9.87. The topological polar surface area (TPSA) is 72.2 Å². The van der Waals surface area contributed by atoms with E-state index in [2.05, 4.69) is 25.5 Å². The highest BCUT2D eigenvalue weighted by Crippen LogP contribution is 2.32. The molecule has 0 aliphatic heterocycles. The number of thiophene rings is 1. The van der Waals surface area contributed by atoms with E-state index in [1.807, 2.05) is 6.07 Å². The summed E-state index contributed by atoms with van der Waals surface area (Å²) in [5.41, 5.74) is 5.76. The Morgan fingerprint density at radius 3 is 2.45 bits per heavy atom. The van der Waals surface area contributed by atoms with Crippen LogP contribution in [0.25, 0.3) is 0 Å². The predicted octanol–water partition coefficient (Wildman–Crippen LogP) is 3.26. The fraction of sp³-hybridized carbons (Fsp3) is 0.733. The Balaban J connectivity index is 0.00000242. The van der Waals surface area contributed by atoms with Crippen LogP contribution in [0.3, 0.4) is 0 Å². The molecule has 0 aromatic carbocycles. The van der Waals surface area contributed by atoms with E-state index in [-0.39, 0.29) is 29.8 Å². The molecule has 1 fully saturated rings. The Labute approximate surface area is 144 Å². The molecule has 2 unspecified atom stereocenters. The van der Waals surface area contributed by atoms with Crippen LogP contribution in [0.1, 0.15) is 51.3 Å². The van der Waals surface area contributed by atoms with E-state index >= 15 is 0 Å². The highest BCUT2D eigenvalue weighted by molar-refractivity contribution is 7.91. The van der Waals surface area contributed by atoms with E-state index in [0.29, 0.717) is 10.8 Å². The molecule has 22 heavy (non-hydrogen) atoms. The minimum absolute atomic E-state index is 0. The lowest BCUT2D eigenvalue weighted by Gasteiger charge is -2.30. The van der Waals surface area contributed by atoms with Gasteiger partial charge in [0.1, 0.15) is 4.21 Å². The molecule has 1 heterocycles. The van der Waals surface area contributed by atoms with Crippen LogP contribution in [-0.4, -0.2) is 21.0 Å². The van der Waals surface area contributed by atoms with Crippen LogP contribution in [0.4, 0.5) is 0 Å². The van der Waals surface area contributed by atoms with Crippen molar-refractivity contribution < 1.29 is 8.42 Å². The lowest BCUT2D eigenvalue weighted by molar-refractivity contribution is 0.296. The Hall–Kier alpha value is -0.140. The SMILES string of the molecule is CC(C)(C)c1ccc(S(=O)(=O)NC2CCCCC2CN)s1.Cl. The zero-order valence-corrected chi connectivity index (χ0v) is 15.9. The lowest BCUT2D eigenvalue weighted by atomic mass is 9.85.